The molecule has 14 heteroatoms. The van der Waals surface area contributed by atoms with Gasteiger partial charge in [0.25, 0.3) is 5.92 Å². The molecule has 5 nitrogen and oxygen atoms in total. The Hall–Kier alpha value is -2.77. The molecule has 1 aliphatic carbocycles. The number of aromatic nitrogens is 1. The summed E-state index contributed by atoms with van der Waals surface area (Å²) in [6, 6.07) is 3.22. The number of alkyl halides is 8. The normalized spacial score (nSPS) is 21.3. The van der Waals surface area contributed by atoms with E-state index < -0.39 is 52.5 Å². The van der Waals surface area contributed by atoms with E-state index in [4.69, 9.17) is 14.4 Å². The highest BCUT2D eigenvalue weighted by atomic mass is 19.4. The quantitative estimate of drug-likeness (QED) is 0.564. The zero-order chi connectivity index (χ0) is 24.8. The lowest BCUT2D eigenvalue weighted by atomic mass is 9.90. The minimum Gasteiger partial charge on any atom is -0.475 e. The molecule has 1 saturated heterocycles. The number of carboxylic acids is 1. The van der Waals surface area contributed by atoms with Crippen LogP contribution in [0.3, 0.4) is 0 Å². The van der Waals surface area contributed by atoms with Crippen LogP contribution in [0.15, 0.2) is 28.8 Å². The monoisotopic (exact) mass is 490 g/mol. The molecule has 1 aromatic carbocycles. The van der Waals surface area contributed by atoms with E-state index in [1.54, 1.807) is 0 Å². The molecule has 2 aliphatic rings. The third kappa shape index (κ3) is 4.66. The molecule has 0 amide bonds. The molecule has 1 atom stereocenters. The molecule has 33 heavy (non-hydrogen) atoms. The summed E-state index contributed by atoms with van der Waals surface area (Å²) in [7, 11) is 0. The van der Waals surface area contributed by atoms with Crippen molar-refractivity contribution in [1.82, 2.24) is 10.5 Å². The Morgan fingerprint density at radius 2 is 1.67 bits per heavy atom. The van der Waals surface area contributed by atoms with Gasteiger partial charge in [0.05, 0.1) is 22.6 Å². The van der Waals surface area contributed by atoms with Gasteiger partial charge in [-0.2, -0.15) is 26.3 Å². The van der Waals surface area contributed by atoms with E-state index >= 15 is 0 Å². The first-order valence-corrected chi connectivity index (χ1v) is 9.33. The summed E-state index contributed by atoms with van der Waals surface area (Å²) in [5.74, 6) is -8.27. The summed E-state index contributed by atoms with van der Waals surface area (Å²) < 4.78 is 118. The lowest BCUT2D eigenvalue weighted by Crippen LogP contribution is -2.32. The van der Waals surface area contributed by atoms with Gasteiger partial charge >= 0.3 is 18.3 Å². The Kier molecular flexibility index (Phi) is 6.19. The van der Waals surface area contributed by atoms with Gasteiger partial charge in [-0.05, 0) is 44.1 Å². The summed E-state index contributed by atoms with van der Waals surface area (Å²) in [4.78, 5) is 8.90. The molecule has 0 radical (unpaired) electrons. The molecule has 2 aromatic rings. The van der Waals surface area contributed by atoms with Crippen LogP contribution >= 0.6 is 0 Å². The lowest BCUT2D eigenvalue weighted by Gasteiger charge is -2.22. The van der Waals surface area contributed by atoms with Crippen molar-refractivity contribution >= 4 is 5.97 Å². The highest BCUT2D eigenvalue weighted by Gasteiger charge is 2.81. The van der Waals surface area contributed by atoms with Gasteiger partial charge in [-0.15, -0.1) is 0 Å². The van der Waals surface area contributed by atoms with Crippen LogP contribution in [-0.4, -0.2) is 41.4 Å². The molecule has 0 bridgehead atoms. The third-order valence-electron chi connectivity index (χ3n) is 5.61. The van der Waals surface area contributed by atoms with Gasteiger partial charge in [-0.25, -0.2) is 18.0 Å². The smallest absolute Gasteiger partial charge is 0.475 e. The number of hydrogen-bond donors (Lipinski definition) is 2. The summed E-state index contributed by atoms with van der Waals surface area (Å²) in [6.07, 6.45) is -9.38. The van der Waals surface area contributed by atoms with Crippen molar-refractivity contribution in [2.75, 3.05) is 13.1 Å². The van der Waals surface area contributed by atoms with Crippen LogP contribution in [0.2, 0.25) is 0 Å². The highest BCUT2D eigenvalue weighted by Crippen LogP contribution is 2.74. The first-order chi connectivity index (χ1) is 15.1. The largest absolute Gasteiger partial charge is 0.490 e. The predicted molar refractivity (Wildman–Crippen MR) is 92.8 cm³/mol. The molecule has 1 spiro atoms. The molecular formula is C19H15F9N2O3. The van der Waals surface area contributed by atoms with Crippen molar-refractivity contribution in [3.05, 3.63) is 41.3 Å². The van der Waals surface area contributed by atoms with E-state index in [9.17, 15) is 39.5 Å². The predicted octanol–water partition coefficient (Wildman–Crippen LogP) is 5.24. The minimum atomic E-state index is -5.08. The second-order valence-electron chi connectivity index (χ2n) is 7.57. The van der Waals surface area contributed by atoms with Crippen molar-refractivity contribution in [3.8, 4) is 11.3 Å². The van der Waals surface area contributed by atoms with Crippen LogP contribution in [-0.2, 0) is 11.0 Å². The molecule has 2 N–H and O–H groups in total. The maximum atomic E-state index is 14.4. The minimum absolute atomic E-state index is 0.0654. The fraction of sp³-hybridized carbons (Fsp3) is 0.474. The average Bonchev–Trinajstić information content (AvgIpc) is 3.00. The van der Waals surface area contributed by atoms with Crippen molar-refractivity contribution in [2.45, 2.75) is 37.0 Å². The number of nitrogens with one attached hydrogen (secondary N) is 1. The van der Waals surface area contributed by atoms with E-state index in [1.807, 2.05) is 0 Å². The fourth-order valence-corrected chi connectivity index (χ4v) is 3.99. The van der Waals surface area contributed by atoms with Gasteiger partial charge in [-0.1, -0.05) is 5.16 Å². The van der Waals surface area contributed by atoms with Gasteiger partial charge in [0.15, 0.2) is 5.76 Å². The Balaban J connectivity index is 0.000000383. The van der Waals surface area contributed by atoms with Crippen LogP contribution in [0.1, 0.15) is 30.0 Å². The van der Waals surface area contributed by atoms with E-state index in [0.717, 1.165) is 18.2 Å². The van der Waals surface area contributed by atoms with Gasteiger partial charge in [0.1, 0.15) is 5.82 Å². The fourth-order valence-electron chi connectivity index (χ4n) is 3.99. The summed E-state index contributed by atoms with van der Waals surface area (Å²) >= 11 is 0. The average molecular weight is 490 g/mol. The first-order valence-electron chi connectivity index (χ1n) is 9.33. The topological polar surface area (TPSA) is 75.4 Å². The maximum absolute atomic E-state index is 14.4. The van der Waals surface area contributed by atoms with E-state index in [1.165, 1.54) is 0 Å². The Labute approximate surface area is 179 Å². The highest BCUT2D eigenvalue weighted by molar-refractivity contribution is 5.73. The lowest BCUT2D eigenvalue weighted by molar-refractivity contribution is -0.192. The number of aliphatic carboxylic acids is 1. The summed E-state index contributed by atoms with van der Waals surface area (Å²) in [5, 5.41) is 13.7. The molecule has 1 saturated carbocycles. The molecule has 1 unspecified atom stereocenters. The van der Waals surface area contributed by atoms with Crippen LogP contribution in [0.5, 0.6) is 0 Å². The van der Waals surface area contributed by atoms with Gasteiger partial charge in [0, 0.05) is 11.6 Å². The molecule has 4 rings (SSSR count). The second kappa shape index (κ2) is 8.22. The van der Waals surface area contributed by atoms with Gasteiger partial charge in [-0.3, -0.25) is 0 Å². The SMILES string of the molecule is Fc1ccc(-c2cc(C3C(F)(F)C34CCNCC4)no2)c(C(F)(F)F)c1.O=C(O)C(F)(F)F. The second-order valence-corrected chi connectivity index (χ2v) is 7.57. The molecule has 182 valence electrons. The first kappa shape index (κ1) is 24.9. The number of benzene rings is 1. The van der Waals surface area contributed by atoms with Crippen molar-refractivity contribution in [1.29, 1.82) is 0 Å². The van der Waals surface area contributed by atoms with E-state index in [0.29, 0.717) is 19.2 Å². The van der Waals surface area contributed by atoms with Crippen molar-refractivity contribution in [3.63, 3.8) is 0 Å². The number of hydrogen-bond acceptors (Lipinski definition) is 4. The van der Waals surface area contributed by atoms with Crippen LogP contribution < -0.4 is 5.32 Å². The number of carbonyl (C=O) groups is 1. The van der Waals surface area contributed by atoms with E-state index in [-0.39, 0.29) is 24.3 Å². The van der Waals surface area contributed by atoms with Crippen molar-refractivity contribution in [2.24, 2.45) is 5.41 Å². The number of nitrogens with zero attached hydrogens (tertiary/aromatic N) is 1. The molecule has 2 fully saturated rings. The van der Waals surface area contributed by atoms with Crippen LogP contribution in [0.25, 0.3) is 11.3 Å². The number of carboxylic acid groups (broad SMARTS) is 1. The molecule has 2 heterocycles. The Bertz CT molecular complexity index is 1020. The van der Waals surface area contributed by atoms with Gasteiger partial charge < -0.3 is 14.9 Å². The maximum Gasteiger partial charge on any atom is 0.490 e. The standard InChI is InChI=1S/C17H14F6N2O.C2HF3O2/c18-9-1-2-10(11(7-9)17(21,22)23)13-8-12(25-26-13)14-15(16(14,19)20)3-5-24-6-4-15;3-2(4,5)1(6)7/h1-2,7-8,14,24H,3-6H2;(H,6,7). The van der Waals surface area contributed by atoms with E-state index in [2.05, 4.69) is 10.5 Å². The molecular weight excluding hydrogens is 475 g/mol. The van der Waals surface area contributed by atoms with Crippen LogP contribution in [0.4, 0.5) is 39.5 Å². The summed E-state index contributed by atoms with van der Waals surface area (Å²) in [6.45, 7) is 0.903. The van der Waals surface area contributed by atoms with Crippen molar-refractivity contribution < 1.29 is 53.9 Å². The number of piperidine rings is 1. The molecule has 1 aliphatic heterocycles. The van der Waals surface area contributed by atoms with Gasteiger partial charge in [0.2, 0.25) is 0 Å². The third-order valence-corrected chi connectivity index (χ3v) is 5.61. The van der Waals surface area contributed by atoms with Crippen LogP contribution in [0, 0.1) is 11.2 Å². The zero-order valence-electron chi connectivity index (χ0n) is 16.3. The Morgan fingerprint density at radius 3 is 2.18 bits per heavy atom. The zero-order valence-corrected chi connectivity index (χ0v) is 16.3. The number of halogens is 9. The summed E-state index contributed by atoms with van der Waals surface area (Å²) in [5.41, 5.74) is -2.95. The number of rotatable bonds is 2. The molecule has 1 aromatic heterocycles. The Morgan fingerprint density at radius 1 is 1.09 bits per heavy atom.